The molecule has 0 bridgehead atoms. The summed E-state index contributed by atoms with van der Waals surface area (Å²) >= 11 is 0. The normalized spacial score (nSPS) is 17.2. The number of nitrogens with one attached hydrogen (secondary N) is 2. The quantitative estimate of drug-likeness (QED) is 0.252. The van der Waals surface area contributed by atoms with Crippen LogP contribution in [0.2, 0.25) is 0 Å². The van der Waals surface area contributed by atoms with Crippen molar-refractivity contribution in [2.24, 2.45) is 5.73 Å². The number of hydrogen-bond acceptors (Lipinski definition) is 7. The molecule has 11 nitrogen and oxygen atoms in total. The highest BCUT2D eigenvalue weighted by molar-refractivity contribution is 7.92. The molecule has 1 aliphatic heterocycles. The predicted octanol–water partition coefficient (Wildman–Crippen LogP) is 4.62. The molecule has 1 heterocycles. The molecule has 2 aliphatic rings. The van der Waals surface area contributed by atoms with Crippen molar-refractivity contribution < 1.29 is 41.4 Å². The maximum atomic E-state index is 15.0. The number of carboxylic acid groups (broad SMARTS) is 1. The van der Waals surface area contributed by atoms with Crippen LogP contribution in [0.4, 0.5) is 25.0 Å². The number of sulfone groups is 1. The van der Waals surface area contributed by atoms with Gasteiger partial charge in [-0.05, 0) is 85.3 Å². The van der Waals surface area contributed by atoms with Crippen LogP contribution in [0.15, 0.2) is 59.5 Å². The van der Waals surface area contributed by atoms with Gasteiger partial charge in [0.25, 0.3) is 0 Å². The third kappa shape index (κ3) is 6.16. The molecule has 0 aromatic heterocycles. The van der Waals surface area contributed by atoms with Crippen molar-refractivity contribution in [3.05, 3.63) is 82.9 Å². The first-order chi connectivity index (χ1) is 20.9. The van der Waals surface area contributed by atoms with Gasteiger partial charge in [-0.2, -0.15) is 0 Å². The van der Waals surface area contributed by atoms with E-state index in [9.17, 15) is 36.7 Å². The number of nitrogens with zero attached hydrogens (tertiary/aromatic N) is 1. The topological polar surface area (TPSA) is 168 Å². The summed E-state index contributed by atoms with van der Waals surface area (Å²) < 4.78 is 61.3. The van der Waals surface area contributed by atoms with Crippen molar-refractivity contribution in [3.8, 4) is 5.75 Å². The average Bonchev–Trinajstić information content (AvgIpc) is 3.74. The summed E-state index contributed by atoms with van der Waals surface area (Å²) in [6.45, 7) is 0.198. The minimum absolute atomic E-state index is 0.00815. The zero-order valence-electron chi connectivity index (χ0n) is 23.5. The summed E-state index contributed by atoms with van der Waals surface area (Å²) in [4.78, 5) is 39.0. The Bertz CT molecular complexity index is 1750. The molecule has 0 radical (unpaired) electrons. The first kappa shape index (κ1) is 30.7. The Morgan fingerprint density at radius 1 is 1.02 bits per heavy atom. The molecule has 2 fully saturated rings. The van der Waals surface area contributed by atoms with Crippen LogP contribution in [-0.4, -0.2) is 55.2 Å². The van der Waals surface area contributed by atoms with Crippen LogP contribution in [0.25, 0.3) is 0 Å². The van der Waals surface area contributed by atoms with E-state index in [-0.39, 0.29) is 45.3 Å². The van der Waals surface area contributed by atoms with Crippen LogP contribution >= 0.6 is 0 Å². The van der Waals surface area contributed by atoms with Gasteiger partial charge in [-0.15, -0.1) is 0 Å². The lowest BCUT2D eigenvalue weighted by Gasteiger charge is -2.31. The number of primary amides is 1. The Morgan fingerprint density at radius 2 is 1.75 bits per heavy atom. The summed E-state index contributed by atoms with van der Waals surface area (Å²) in [5.74, 6) is -3.07. The van der Waals surface area contributed by atoms with Gasteiger partial charge >= 0.3 is 6.09 Å². The number of carbonyl (C=O) groups excluding carboxylic acids is 2. The van der Waals surface area contributed by atoms with Gasteiger partial charge in [0.05, 0.1) is 29.0 Å². The number of carbonyl (C=O) groups is 3. The molecule has 3 amide bonds. The number of rotatable bonds is 10. The molecular weight excluding hydrogens is 598 g/mol. The minimum Gasteiger partial charge on any atom is -0.494 e. The van der Waals surface area contributed by atoms with Crippen molar-refractivity contribution in [1.82, 2.24) is 4.90 Å². The Kier molecular flexibility index (Phi) is 8.46. The number of benzene rings is 3. The second-order valence-corrected chi connectivity index (χ2v) is 12.8. The van der Waals surface area contributed by atoms with Gasteiger partial charge in [0.1, 0.15) is 11.9 Å². The van der Waals surface area contributed by atoms with Gasteiger partial charge in [-0.25, -0.2) is 22.0 Å². The fraction of sp³-hybridized carbons (Fsp3) is 0.300. The van der Waals surface area contributed by atoms with Gasteiger partial charge in [-0.3, -0.25) is 14.9 Å². The van der Waals surface area contributed by atoms with Crippen molar-refractivity contribution in [1.29, 1.82) is 0 Å². The molecule has 3 aromatic rings. The molecule has 5 N–H and O–H groups in total. The number of amides is 3. The Hall–Kier alpha value is -4.72. The number of anilines is 2. The second kappa shape index (κ2) is 12.1. The summed E-state index contributed by atoms with van der Waals surface area (Å²) in [5, 5.41) is 13.8. The number of methoxy groups -OCH3 is 1. The standard InChI is InChI=1S/C30H30F2N4O7S/c1-43-25-14-16(4-10-22(25)32)27(35-23-13-17(28(33)37)5-9-21(23)31)29(38)36-12-2-3-24(36)20-15-18(34-30(39)40)6-11-26(20)44(41,42)19-7-8-19/h4-6,9-11,13-15,19,24,27,34-35H,2-3,7-8,12H2,1H3,(H2,33,37)(H,39,40)/t24-,27+/m1/s1. The maximum Gasteiger partial charge on any atom is 0.409 e. The van der Waals surface area contributed by atoms with Crippen LogP contribution in [0.5, 0.6) is 5.75 Å². The van der Waals surface area contributed by atoms with E-state index in [1.807, 2.05) is 0 Å². The molecule has 44 heavy (non-hydrogen) atoms. The molecule has 1 saturated carbocycles. The van der Waals surface area contributed by atoms with Crippen LogP contribution in [0.1, 0.15) is 59.3 Å². The fourth-order valence-electron chi connectivity index (χ4n) is 5.44. The molecule has 14 heteroatoms. The van der Waals surface area contributed by atoms with Crippen LogP contribution in [0.3, 0.4) is 0 Å². The lowest BCUT2D eigenvalue weighted by Crippen LogP contribution is -2.38. The van der Waals surface area contributed by atoms with Crippen molar-refractivity contribution in [3.63, 3.8) is 0 Å². The number of ether oxygens (including phenoxy) is 1. The largest absolute Gasteiger partial charge is 0.494 e. The van der Waals surface area contributed by atoms with Gasteiger partial charge in [0, 0.05) is 17.8 Å². The number of likely N-dealkylation sites (tertiary alicyclic amines) is 1. The molecular formula is C30H30F2N4O7S. The van der Waals surface area contributed by atoms with E-state index in [1.165, 1.54) is 48.4 Å². The fourth-order valence-corrected chi connectivity index (χ4v) is 7.33. The van der Waals surface area contributed by atoms with Crippen molar-refractivity contribution in [2.45, 2.75) is 47.9 Å². The minimum atomic E-state index is -3.76. The highest BCUT2D eigenvalue weighted by atomic mass is 32.2. The monoisotopic (exact) mass is 628 g/mol. The first-order valence-electron chi connectivity index (χ1n) is 13.8. The van der Waals surface area contributed by atoms with E-state index < -0.39 is 56.7 Å². The molecule has 0 spiro atoms. The highest BCUT2D eigenvalue weighted by Crippen LogP contribution is 2.43. The molecule has 5 rings (SSSR count). The van der Waals surface area contributed by atoms with Crippen LogP contribution in [-0.2, 0) is 14.6 Å². The second-order valence-electron chi connectivity index (χ2n) is 10.6. The number of hydrogen-bond donors (Lipinski definition) is 4. The van der Waals surface area contributed by atoms with Crippen LogP contribution < -0.4 is 21.1 Å². The molecule has 1 saturated heterocycles. The van der Waals surface area contributed by atoms with E-state index in [0.717, 1.165) is 18.2 Å². The lowest BCUT2D eigenvalue weighted by atomic mass is 10.0. The van der Waals surface area contributed by atoms with E-state index in [2.05, 4.69) is 10.6 Å². The van der Waals surface area contributed by atoms with E-state index in [0.29, 0.717) is 25.7 Å². The summed E-state index contributed by atoms with van der Waals surface area (Å²) in [6.07, 6.45) is 0.501. The van der Waals surface area contributed by atoms with Crippen molar-refractivity contribution >= 4 is 39.1 Å². The van der Waals surface area contributed by atoms with Gasteiger partial charge in [0.2, 0.25) is 11.8 Å². The highest BCUT2D eigenvalue weighted by Gasteiger charge is 2.42. The Morgan fingerprint density at radius 3 is 2.41 bits per heavy atom. The first-order valence-corrected chi connectivity index (χ1v) is 15.3. The third-order valence-corrected chi connectivity index (χ3v) is 10.1. The third-order valence-electron chi connectivity index (χ3n) is 7.73. The van der Waals surface area contributed by atoms with E-state index in [4.69, 9.17) is 10.5 Å². The van der Waals surface area contributed by atoms with E-state index in [1.54, 1.807) is 0 Å². The van der Waals surface area contributed by atoms with Crippen LogP contribution in [0, 0.1) is 11.6 Å². The summed E-state index contributed by atoms with van der Waals surface area (Å²) in [6, 6.07) is 9.07. The number of nitrogens with two attached hydrogens (primary N) is 1. The summed E-state index contributed by atoms with van der Waals surface area (Å²) in [7, 11) is -2.51. The Labute approximate surface area is 251 Å². The summed E-state index contributed by atoms with van der Waals surface area (Å²) in [5.41, 5.74) is 5.72. The molecule has 232 valence electrons. The van der Waals surface area contributed by atoms with Gasteiger partial charge in [0.15, 0.2) is 21.4 Å². The smallest absolute Gasteiger partial charge is 0.409 e. The SMILES string of the molecule is COc1cc([C@H](Nc2cc(C(N)=O)ccc2F)C(=O)N2CCC[C@@H]2c2cc(NC(=O)O)ccc2S(=O)(=O)C2CC2)ccc1F. The van der Waals surface area contributed by atoms with Gasteiger partial charge in [-0.1, -0.05) is 6.07 Å². The lowest BCUT2D eigenvalue weighted by molar-refractivity contribution is -0.133. The number of halogens is 2. The van der Waals surface area contributed by atoms with E-state index >= 15 is 0 Å². The molecule has 2 atom stereocenters. The van der Waals surface area contributed by atoms with Crippen molar-refractivity contribution in [2.75, 3.05) is 24.3 Å². The molecule has 1 aliphatic carbocycles. The molecule has 0 unspecified atom stereocenters. The average molecular weight is 629 g/mol. The zero-order chi connectivity index (χ0) is 31.8. The van der Waals surface area contributed by atoms with Gasteiger partial charge < -0.3 is 25.8 Å². The predicted molar refractivity (Wildman–Crippen MR) is 156 cm³/mol. The maximum absolute atomic E-state index is 15.0. The zero-order valence-corrected chi connectivity index (χ0v) is 24.4. The molecule has 3 aromatic carbocycles. The Balaban J connectivity index is 1.59.